The van der Waals surface area contributed by atoms with E-state index < -0.39 is 17.6 Å². The van der Waals surface area contributed by atoms with Gasteiger partial charge >= 0.3 is 6.09 Å². The molecule has 0 heterocycles. The third kappa shape index (κ3) is 7.84. The smallest absolute Gasteiger partial charge is 0.414 e. The van der Waals surface area contributed by atoms with Gasteiger partial charge in [-0.3, -0.25) is 9.69 Å². The lowest BCUT2D eigenvalue weighted by atomic mass is 10.2. The summed E-state index contributed by atoms with van der Waals surface area (Å²) in [5.41, 5.74) is 5.02. The molecule has 0 fully saturated rings. The number of nitriles is 1. The Hall–Kier alpha value is -3.83. The number of anilines is 1. The standard InChI is InChI=1S/C23H26N4O4/c1-23(2,3)31-22(29)27(14-13-24)16-17(15-25)21(28)26-18-9-11-20(12-10-18)30-19-7-5-4-6-8-19/h4-12,16H,13-14,24H2,1-3H3,(H,26,28)/b17-16-. The summed E-state index contributed by atoms with van der Waals surface area (Å²) in [4.78, 5) is 26.0. The number of carbonyl (C=O) groups is 2. The molecular weight excluding hydrogens is 396 g/mol. The van der Waals surface area contributed by atoms with Gasteiger partial charge in [-0.25, -0.2) is 4.79 Å². The molecule has 8 heteroatoms. The first-order valence-electron chi connectivity index (χ1n) is 9.68. The predicted octanol–water partition coefficient (Wildman–Crippen LogP) is 4.02. The maximum Gasteiger partial charge on any atom is 0.414 e. The van der Waals surface area contributed by atoms with Gasteiger partial charge in [0.1, 0.15) is 28.7 Å². The summed E-state index contributed by atoms with van der Waals surface area (Å²) in [7, 11) is 0. The highest BCUT2D eigenvalue weighted by Gasteiger charge is 2.22. The molecule has 162 valence electrons. The van der Waals surface area contributed by atoms with Gasteiger partial charge in [-0.05, 0) is 57.2 Å². The molecule has 0 spiro atoms. The molecule has 0 saturated heterocycles. The number of benzene rings is 2. The van der Waals surface area contributed by atoms with Crippen molar-refractivity contribution in [2.75, 3.05) is 18.4 Å². The van der Waals surface area contributed by atoms with Crippen molar-refractivity contribution in [1.29, 1.82) is 5.26 Å². The maximum absolute atomic E-state index is 12.5. The average molecular weight is 422 g/mol. The van der Waals surface area contributed by atoms with Crippen molar-refractivity contribution in [2.24, 2.45) is 5.73 Å². The lowest BCUT2D eigenvalue weighted by Gasteiger charge is -2.25. The molecule has 0 aliphatic heterocycles. The number of rotatable bonds is 7. The number of para-hydroxylation sites is 1. The van der Waals surface area contributed by atoms with E-state index in [0.29, 0.717) is 17.2 Å². The van der Waals surface area contributed by atoms with Crippen LogP contribution in [0.15, 0.2) is 66.4 Å². The molecule has 2 amide bonds. The minimum absolute atomic E-state index is 0.0961. The van der Waals surface area contributed by atoms with Gasteiger partial charge in [-0.2, -0.15) is 5.26 Å². The van der Waals surface area contributed by atoms with Gasteiger partial charge < -0.3 is 20.5 Å². The summed E-state index contributed by atoms with van der Waals surface area (Å²) in [6.07, 6.45) is 0.448. The zero-order valence-corrected chi connectivity index (χ0v) is 17.8. The fraction of sp³-hybridized carbons (Fsp3) is 0.261. The Morgan fingerprint density at radius 3 is 2.26 bits per heavy atom. The molecule has 0 atom stereocenters. The van der Waals surface area contributed by atoms with Crippen LogP contribution in [-0.4, -0.2) is 35.6 Å². The summed E-state index contributed by atoms with van der Waals surface area (Å²) in [5, 5.41) is 12.0. The topological polar surface area (TPSA) is 118 Å². The Labute approximate surface area is 181 Å². The summed E-state index contributed by atoms with van der Waals surface area (Å²) >= 11 is 0. The van der Waals surface area contributed by atoms with Crippen LogP contribution in [0.3, 0.4) is 0 Å². The summed E-state index contributed by atoms with van der Waals surface area (Å²) in [6, 6.07) is 17.8. The van der Waals surface area contributed by atoms with Gasteiger partial charge in [-0.15, -0.1) is 0 Å². The van der Waals surface area contributed by atoms with Gasteiger partial charge in [0.2, 0.25) is 0 Å². The number of nitrogens with one attached hydrogen (secondary N) is 1. The molecule has 0 radical (unpaired) electrons. The van der Waals surface area contributed by atoms with E-state index in [-0.39, 0.29) is 18.7 Å². The van der Waals surface area contributed by atoms with Gasteiger partial charge in [-0.1, -0.05) is 18.2 Å². The second kappa shape index (κ2) is 10.8. The molecule has 2 rings (SSSR count). The molecule has 31 heavy (non-hydrogen) atoms. The van der Waals surface area contributed by atoms with Crippen LogP contribution in [0.25, 0.3) is 0 Å². The van der Waals surface area contributed by atoms with E-state index in [1.54, 1.807) is 51.1 Å². The van der Waals surface area contributed by atoms with Gasteiger partial charge in [0.05, 0.1) is 0 Å². The zero-order valence-electron chi connectivity index (χ0n) is 17.8. The van der Waals surface area contributed by atoms with Crippen LogP contribution in [0.2, 0.25) is 0 Å². The Balaban J connectivity index is 2.08. The molecule has 0 bridgehead atoms. The van der Waals surface area contributed by atoms with Gasteiger partial charge in [0.25, 0.3) is 5.91 Å². The number of amides is 2. The average Bonchev–Trinajstić information content (AvgIpc) is 2.72. The Morgan fingerprint density at radius 1 is 1.10 bits per heavy atom. The first-order chi connectivity index (χ1) is 14.7. The molecule has 0 unspecified atom stereocenters. The van der Waals surface area contributed by atoms with Crippen molar-refractivity contribution in [2.45, 2.75) is 26.4 Å². The first-order valence-corrected chi connectivity index (χ1v) is 9.68. The first kappa shape index (κ1) is 23.4. The van der Waals surface area contributed by atoms with E-state index in [4.69, 9.17) is 15.2 Å². The van der Waals surface area contributed by atoms with E-state index in [1.807, 2.05) is 30.3 Å². The summed E-state index contributed by atoms with van der Waals surface area (Å²) in [5.74, 6) is 0.625. The second-order valence-corrected chi connectivity index (χ2v) is 7.51. The second-order valence-electron chi connectivity index (χ2n) is 7.51. The van der Waals surface area contributed by atoms with E-state index >= 15 is 0 Å². The van der Waals surface area contributed by atoms with Crippen LogP contribution >= 0.6 is 0 Å². The van der Waals surface area contributed by atoms with Gasteiger partial charge in [0.15, 0.2) is 0 Å². The fourth-order valence-electron chi connectivity index (χ4n) is 2.39. The number of hydrogen-bond acceptors (Lipinski definition) is 6. The highest BCUT2D eigenvalue weighted by atomic mass is 16.6. The minimum atomic E-state index is -0.726. The molecule has 2 aromatic carbocycles. The lowest BCUT2D eigenvalue weighted by Crippen LogP contribution is -2.37. The normalized spacial score (nSPS) is 11.3. The van der Waals surface area contributed by atoms with Crippen LogP contribution in [0, 0.1) is 11.3 Å². The molecule has 3 N–H and O–H groups in total. The SMILES string of the molecule is CC(C)(C)OC(=O)N(/C=C(/C#N)C(=O)Nc1ccc(Oc2ccccc2)cc1)CCN. The van der Waals surface area contributed by atoms with Crippen molar-refractivity contribution in [3.8, 4) is 17.6 Å². The van der Waals surface area contributed by atoms with Crippen molar-refractivity contribution in [3.05, 3.63) is 66.4 Å². The number of nitrogens with two attached hydrogens (primary N) is 1. The van der Waals surface area contributed by atoms with Gasteiger partial charge in [0, 0.05) is 25.0 Å². The fourth-order valence-corrected chi connectivity index (χ4v) is 2.39. The molecular formula is C23H26N4O4. The van der Waals surface area contributed by atoms with Crippen molar-refractivity contribution in [3.63, 3.8) is 0 Å². The Kier molecular flexibility index (Phi) is 8.17. The van der Waals surface area contributed by atoms with Crippen LogP contribution in [0.1, 0.15) is 20.8 Å². The third-order valence-corrected chi connectivity index (χ3v) is 3.74. The molecule has 0 saturated carbocycles. The van der Waals surface area contributed by atoms with Crippen LogP contribution in [0.5, 0.6) is 11.5 Å². The Bertz CT molecular complexity index is 958. The number of nitrogens with zero attached hydrogens (tertiary/aromatic N) is 2. The van der Waals surface area contributed by atoms with E-state index in [0.717, 1.165) is 11.1 Å². The van der Waals surface area contributed by atoms with Crippen LogP contribution in [0.4, 0.5) is 10.5 Å². The molecule has 2 aromatic rings. The summed E-state index contributed by atoms with van der Waals surface area (Å²) < 4.78 is 11.0. The number of carbonyl (C=O) groups excluding carboxylic acids is 2. The molecule has 8 nitrogen and oxygen atoms in total. The third-order valence-electron chi connectivity index (χ3n) is 3.74. The summed E-state index contributed by atoms with van der Waals surface area (Å²) in [6.45, 7) is 5.40. The van der Waals surface area contributed by atoms with Crippen molar-refractivity contribution < 1.29 is 19.1 Å². The van der Waals surface area contributed by atoms with Crippen LogP contribution < -0.4 is 15.8 Å². The van der Waals surface area contributed by atoms with Crippen LogP contribution in [-0.2, 0) is 9.53 Å². The highest BCUT2D eigenvalue weighted by Crippen LogP contribution is 2.23. The quantitative estimate of drug-likeness (QED) is 0.514. The number of hydrogen-bond donors (Lipinski definition) is 2. The van der Waals surface area contributed by atoms with E-state index in [1.165, 1.54) is 0 Å². The van der Waals surface area contributed by atoms with E-state index in [2.05, 4.69) is 5.32 Å². The monoisotopic (exact) mass is 422 g/mol. The van der Waals surface area contributed by atoms with E-state index in [9.17, 15) is 14.9 Å². The largest absolute Gasteiger partial charge is 0.457 e. The number of ether oxygens (including phenoxy) is 2. The maximum atomic E-state index is 12.5. The minimum Gasteiger partial charge on any atom is -0.457 e. The lowest BCUT2D eigenvalue weighted by molar-refractivity contribution is -0.112. The zero-order chi connectivity index (χ0) is 22.9. The molecule has 0 aliphatic carbocycles. The van der Waals surface area contributed by atoms with Crippen molar-refractivity contribution >= 4 is 17.7 Å². The molecule has 0 aliphatic rings. The predicted molar refractivity (Wildman–Crippen MR) is 117 cm³/mol. The van der Waals surface area contributed by atoms with Crippen molar-refractivity contribution in [1.82, 2.24) is 4.90 Å². The molecule has 0 aromatic heterocycles. The highest BCUT2D eigenvalue weighted by molar-refractivity contribution is 6.06. The Morgan fingerprint density at radius 2 is 1.71 bits per heavy atom.